The van der Waals surface area contributed by atoms with Crippen molar-refractivity contribution in [3.63, 3.8) is 0 Å². The second-order valence-corrected chi connectivity index (χ2v) is 9.69. The first-order chi connectivity index (χ1) is 10.6. The van der Waals surface area contributed by atoms with Gasteiger partial charge in [-0.3, -0.25) is 0 Å². The number of thioether (sulfide) groups is 1. The van der Waals surface area contributed by atoms with E-state index in [1.165, 1.54) is 16.7 Å². The summed E-state index contributed by atoms with van der Waals surface area (Å²) in [6, 6.07) is 2.45. The van der Waals surface area contributed by atoms with Gasteiger partial charge >= 0.3 is 0 Å². The first-order valence-corrected chi connectivity index (χ1v) is 10.1. The molecule has 1 aliphatic heterocycles. The van der Waals surface area contributed by atoms with E-state index in [0.29, 0.717) is 28.3 Å². The number of aryl methyl sites for hydroxylation is 1. The topological polar surface area (TPSA) is 0 Å². The highest BCUT2D eigenvalue weighted by molar-refractivity contribution is 8.00. The minimum Gasteiger partial charge on any atom is -0.150 e. The number of rotatable bonds is 2. The van der Waals surface area contributed by atoms with Crippen LogP contribution in [0.15, 0.2) is 12.1 Å². The molecule has 0 aromatic heterocycles. The van der Waals surface area contributed by atoms with Crippen LogP contribution in [0.3, 0.4) is 0 Å². The third-order valence-corrected chi connectivity index (χ3v) is 6.97. The molecule has 0 radical (unpaired) electrons. The van der Waals surface area contributed by atoms with E-state index in [0.717, 1.165) is 0 Å². The van der Waals surface area contributed by atoms with Gasteiger partial charge in [0.05, 0.1) is 0 Å². The summed E-state index contributed by atoms with van der Waals surface area (Å²) in [5.74, 6) is 1.75. The van der Waals surface area contributed by atoms with Gasteiger partial charge in [0.1, 0.15) is 0 Å². The minimum atomic E-state index is 0.558. The highest BCUT2D eigenvalue weighted by Gasteiger charge is 2.28. The summed E-state index contributed by atoms with van der Waals surface area (Å²) in [5.41, 5.74) is 9.21. The molecule has 0 N–H and O–H groups in total. The van der Waals surface area contributed by atoms with Gasteiger partial charge in [0.2, 0.25) is 0 Å². The van der Waals surface area contributed by atoms with Crippen LogP contribution in [-0.2, 0) is 0 Å². The van der Waals surface area contributed by atoms with Gasteiger partial charge in [-0.1, -0.05) is 53.7 Å². The first-order valence-electron chi connectivity index (χ1n) is 9.16. The third-order valence-electron chi connectivity index (χ3n) is 5.47. The minimum absolute atomic E-state index is 0.558. The van der Waals surface area contributed by atoms with E-state index in [9.17, 15) is 0 Å². The maximum absolute atomic E-state index is 2.56. The molecule has 0 unspecified atom stereocenters. The maximum atomic E-state index is 2.56. The number of fused-ring (bicyclic) bond motifs is 1. The van der Waals surface area contributed by atoms with Crippen LogP contribution in [0, 0.1) is 25.7 Å². The Morgan fingerprint density at radius 2 is 1.57 bits per heavy atom. The Hall–Kier alpha value is -0.690. The number of allylic oxidation sites excluding steroid dienone is 2. The van der Waals surface area contributed by atoms with Crippen molar-refractivity contribution < 1.29 is 0 Å². The van der Waals surface area contributed by atoms with Gasteiger partial charge in [0.25, 0.3) is 0 Å². The fourth-order valence-corrected chi connectivity index (χ4v) is 5.15. The third kappa shape index (κ3) is 3.55. The molecule has 0 spiro atoms. The largest absolute Gasteiger partial charge is 0.150 e. The predicted molar refractivity (Wildman–Crippen MR) is 107 cm³/mol. The van der Waals surface area contributed by atoms with E-state index >= 15 is 0 Å². The van der Waals surface area contributed by atoms with E-state index < -0.39 is 0 Å². The molecule has 0 nitrogen and oxygen atoms in total. The Labute approximate surface area is 148 Å². The van der Waals surface area contributed by atoms with Crippen LogP contribution < -0.4 is 0 Å². The van der Waals surface area contributed by atoms with Gasteiger partial charge in [-0.25, -0.2) is 0 Å². The van der Waals surface area contributed by atoms with Crippen LogP contribution in [0.4, 0.5) is 0 Å². The number of benzene rings is 1. The molecular weight excluding hydrogens is 296 g/mol. The Bertz CT molecular complexity index is 607. The van der Waals surface area contributed by atoms with Crippen LogP contribution in [0.25, 0.3) is 5.57 Å². The Morgan fingerprint density at radius 3 is 2.09 bits per heavy atom. The second-order valence-electron chi connectivity index (χ2n) is 7.97. The zero-order valence-corrected chi connectivity index (χ0v) is 17.3. The van der Waals surface area contributed by atoms with E-state index in [4.69, 9.17) is 0 Å². The fraction of sp³-hybridized carbons (Fsp3) is 0.636. The van der Waals surface area contributed by atoms with Crippen molar-refractivity contribution in [1.29, 1.82) is 0 Å². The van der Waals surface area contributed by atoms with E-state index in [2.05, 4.69) is 86.2 Å². The van der Waals surface area contributed by atoms with Crippen LogP contribution in [0.1, 0.15) is 87.5 Å². The summed E-state index contributed by atoms with van der Waals surface area (Å²) in [6.07, 6.45) is 2.56. The molecular formula is C22H34S. The van der Waals surface area contributed by atoms with Crippen molar-refractivity contribution in [2.45, 2.75) is 78.7 Å². The molecule has 2 rings (SSSR count). The summed E-state index contributed by atoms with van der Waals surface area (Å²) >= 11 is 2.14. The summed E-state index contributed by atoms with van der Waals surface area (Å²) in [7, 11) is 0. The lowest BCUT2D eigenvalue weighted by Gasteiger charge is -2.33. The normalized spacial score (nSPS) is 27.4. The van der Waals surface area contributed by atoms with Crippen molar-refractivity contribution in [2.75, 3.05) is 0 Å². The van der Waals surface area contributed by atoms with Gasteiger partial charge in [-0.2, -0.15) is 11.8 Å². The van der Waals surface area contributed by atoms with Crippen molar-refractivity contribution >= 4 is 17.3 Å². The van der Waals surface area contributed by atoms with Crippen molar-refractivity contribution in [2.24, 2.45) is 11.8 Å². The molecule has 1 heterocycles. The lowest BCUT2D eigenvalue weighted by Crippen LogP contribution is -2.18. The lowest BCUT2D eigenvalue weighted by molar-refractivity contribution is 0.699. The molecule has 0 bridgehead atoms. The summed E-state index contributed by atoms with van der Waals surface area (Å²) in [6.45, 7) is 21.2. The Kier molecular flexibility index (Phi) is 5.72. The Morgan fingerprint density at radius 1 is 0.957 bits per heavy atom. The average molecular weight is 331 g/mol. The molecule has 0 saturated heterocycles. The van der Waals surface area contributed by atoms with Gasteiger partial charge in [-0.05, 0) is 71.9 Å². The molecule has 1 aromatic carbocycles. The lowest BCUT2D eigenvalue weighted by atomic mass is 9.79. The highest BCUT2D eigenvalue weighted by atomic mass is 32.2. The monoisotopic (exact) mass is 330 g/mol. The molecule has 0 fully saturated rings. The molecule has 1 aliphatic rings. The van der Waals surface area contributed by atoms with Crippen LogP contribution in [0.5, 0.6) is 0 Å². The summed E-state index contributed by atoms with van der Waals surface area (Å²) in [5, 5.41) is 1.22. The van der Waals surface area contributed by atoms with Crippen LogP contribution in [0.2, 0.25) is 0 Å². The standard InChI is InChI=1S/C22H34S/c1-12(2)19-10-14(5)16(7)21-18(9)23-17(8)15(6)11-20(13(3)4)22(19)21/h10-13,15,17-18H,1-9H3/b20-11-/t15-,17-,18+/m1/s1. The van der Waals surface area contributed by atoms with E-state index in [-0.39, 0.29) is 0 Å². The molecule has 1 heteroatoms. The van der Waals surface area contributed by atoms with Gasteiger partial charge in [0, 0.05) is 10.5 Å². The zero-order chi connectivity index (χ0) is 17.5. The molecule has 1 aromatic rings. The summed E-state index contributed by atoms with van der Waals surface area (Å²) in [4.78, 5) is 0. The molecule has 23 heavy (non-hydrogen) atoms. The second kappa shape index (κ2) is 7.05. The molecule has 0 amide bonds. The molecule has 0 aliphatic carbocycles. The molecule has 3 atom stereocenters. The SMILES string of the molecule is Cc1cc(C(C)C)c2c(c1C)[C@H](C)S[C@H](C)[C@H](C)/C=C\2C(C)C. The average Bonchev–Trinajstić information content (AvgIpc) is 2.44. The summed E-state index contributed by atoms with van der Waals surface area (Å²) < 4.78 is 0. The van der Waals surface area contributed by atoms with Gasteiger partial charge < -0.3 is 0 Å². The molecule has 0 saturated carbocycles. The number of hydrogen-bond acceptors (Lipinski definition) is 1. The zero-order valence-electron chi connectivity index (χ0n) is 16.4. The van der Waals surface area contributed by atoms with Crippen LogP contribution in [-0.4, -0.2) is 5.25 Å². The van der Waals surface area contributed by atoms with E-state index in [1.807, 2.05) is 0 Å². The van der Waals surface area contributed by atoms with E-state index in [1.54, 1.807) is 16.7 Å². The van der Waals surface area contributed by atoms with Gasteiger partial charge in [-0.15, -0.1) is 0 Å². The van der Waals surface area contributed by atoms with Crippen molar-refractivity contribution in [3.8, 4) is 0 Å². The maximum Gasteiger partial charge on any atom is 0.0280 e. The first kappa shape index (κ1) is 18.6. The predicted octanol–water partition coefficient (Wildman–Crippen LogP) is 7.30. The number of hydrogen-bond donors (Lipinski definition) is 0. The fourth-order valence-electron chi connectivity index (χ4n) is 3.75. The van der Waals surface area contributed by atoms with Crippen LogP contribution >= 0.6 is 11.8 Å². The van der Waals surface area contributed by atoms with Crippen molar-refractivity contribution in [3.05, 3.63) is 40.0 Å². The van der Waals surface area contributed by atoms with Gasteiger partial charge in [0.15, 0.2) is 0 Å². The highest BCUT2D eigenvalue weighted by Crippen LogP contribution is 2.47. The Balaban J connectivity index is 2.88. The quantitative estimate of drug-likeness (QED) is 0.548. The van der Waals surface area contributed by atoms with Crippen molar-refractivity contribution in [1.82, 2.24) is 0 Å². The molecule has 128 valence electrons. The smallest absolute Gasteiger partial charge is 0.0280 e.